The molecule has 6 nitrogen and oxygen atoms in total. The fourth-order valence-corrected chi connectivity index (χ4v) is 2.53. The summed E-state index contributed by atoms with van der Waals surface area (Å²) in [7, 11) is 1.50. The van der Waals surface area contributed by atoms with Crippen molar-refractivity contribution in [1.29, 1.82) is 0 Å². The quantitative estimate of drug-likeness (QED) is 0.675. The molecule has 0 aliphatic carbocycles. The van der Waals surface area contributed by atoms with E-state index in [1.54, 1.807) is 36.4 Å². The lowest BCUT2D eigenvalue weighted by Gasteiger charge is -2.12. The summed E-state index contributed by atoms with van der Waals surface area (Å²) in [6.07, 6.45) is 0. The van der Waals surface area contributed by atoms with Crippen LogP contribution in [-0.2, 0) is 0 Å². The number of urea groups is 1. The molecule has 0 bridgehead atoms. The minimum absolute atomic E-state index is 0.302. The van der Waals surface area contributed by atoms with Crippen molar-refractivity contribution in [2.75, 3.05) is 17.7 Å². The number of fused-ring (bicyclic) bond motifs is 1. The molecule has 0 saturated heterocycles. The molecule has 1 aromatic heterocycles. The van der Waals surface area contributed by atoms with Gasteiger partial charge in [0, 0.05) is 16.5 Å². The lowest BCUT2D eigenvalue weighted by Crippen LogP contribution is -2.21. The van der Waals surface area contributed by atoms with Crippen molar-refractivity contribution < 1.29 is 9.53 Å². The Bertz CT molecular complexity index is 969. The van der Waals surface area contributed by atoms with Crippen LogP contribution in [0.2, 0.25) is 5.02 Å². The highest BCUT2D eigenvalue weighted by atomic mass is 35.5. The number of anilines is 2. The van der Waals surface area contributed by atoms with Gasteiger partial charge in [0.15, 0.2) is 0 Å². The van der Waals surface area contributed by atoms with Crippen LogP contribution in [0.1, 0.15) is 0 Å². The Morgan fingerprint density at radius 3 is 2.62 bits per heavy atom. The van der Waals surface area contributed by atoms with Crippen molar-refractivity contribution in [3.05, 3.63) is 63.9 Å². The Morgan fingerprint density at radius 1 is 1.08 bits per heavy atom. The number of rotatable bonds is 3. The fourth-order valence-electron chi connectivity index (χ4n) is 2.36. The number of hydrogen-bond donors (Lipinski definition) is 3. The lowest BCUT2D eigenvalue weighted by molar-refractivity contribution is 0.262. The number of methoxy groups -OCH3 is 1. The smallest absolute Gasteiger partial charge is 0.323 e. The summed E-state index contributed by atoms with van der Waals surface area (Å²) in [5.41, 5.74) is 1.18. The van der Waals surface area contributed by atoms with Gasteiger partial charge < -0.3 is 20.4 Å². The molecule has 7 heteroatoms. The first-order valence-electron chi connectivity index (χ1n) is 7.10. The topological polar surface area (TPSA) is 83.2 Å². The highest BCUT2D eigenvalue weighted by Gasteiger charge is 2.10. The van der Waals surface area contributed by atoms with E-state index in [1.165, 1.54) is 13.2 Å². The highest BCUT2D eigenvalue weighted by Crippen LogP contribution is 2.28. The van der Waals surface area contributed by atoms with Crippen molar-refractivity contribution >= 4 is 39.9 Å². The van der Waals surface area contributed by atoms with Crippen LogP contribution in [0.4, 0.5) is 16.2 Å². The molecule has 0 atom stereocenters. The number of amides is 2. The molecule has 3 aromatic rings. The van der Waals surface area contributed by atoms with Crippen molar-refractivity contribution in [3.8, 4) is 5.75 Å². The van der Waals surface area contributed by atoms with Gasteiger partial charge in [0.25, 0.3) is 0 Å². The number of para-hydroxylation sites is 1. The van der Waals surface area contributed by atoms with Crippen LogP contribution < -0.4 is 20.9 Å². The molecule has 24 heavy (non-hydrogen) atoms. The predicted molar refractivity (Wildman–Crippen MR) is 95.2 cm³/mol. The Labute approximate surface area is 142 Å². The maximum Gasteiger partial charge on any atom is 0.323 e. The van der Waals surface area contributed by atoms with Gasteiger partial charge in [0.1, 0.15) is 5.75 Å². The van der Waals surface area contributed by atoms with Gasteiger partial charge in [-0.3, -0.25) is 4.79 Å². The maximum atomic E-state index is 12.3. The Hall–Kier alpha value is -2.99. The van der Waals surface area contributed by atoms with Gasteiger partial charge in [-0.15, -0.1) is 0 Å². The molecule has 122 valence electrons. The van der Waals surface area contributed by atoms with Gasteiger partial charge in [-0.2, -0.15) is 0 Å². The second-order valence-electron chi connectivity index (χ2n) is 5.02. The normalized spacial score (nSPS) is 10.4. The molecule has 1 heterocycles. The first kappa shape index (κ1) is 15.9. The molecular formula is C17H14ClN3O3. The van der Waals surface area contributed by atoms with E-state index in [4.69, 9.17) is 16.3 Å². The number of pyridine rings is 1. The minimum atomic E-state index is -0.508. The van der Waals surface area contributed by atoms with Crippen molar-refractivity contribution in [2.24, 2.45) is 0 Å². The molecule has 2 amide bonds. The van der Waals surface area contributed by atoms with E-state index >= 15 is 0 Å². The standard InChI is InChI=1S/C17H14ClN3O3/c1-24-15-7-6-10(18)8-14(15)21-17(23)20-13-9-16(22)19-12-5-3-2-4-11(12)13/h2-9H,1H3,(H3,19,20,21,22,23). The Kier molecular flexibility index (Phi) is 4.39. The molecule has 3 rings (SSSR count). The molecule has 0 saturated carbocycles. The molecule has 0 radical (unpaired) electrons. The van der Waals surface area contributed by atoms with Crippen molar-refractivity contribution in [3.63, 3.8) is 0 Å². The van der Waals surface area contributed by atoms with Crippen LogP contribution >= 0.6 is 11.6 Å². The molecule has 3 N–H and O–H groups in total. The second-order valence-corrected chi connectivity index (χ2v) is 5.45. The number of aromatic amines is 1. The first-order chi connectivity index (χ1) is 11.6. The van der Waals surface area contributed by atoms with E-state index < -0.39 is 6.03 Å². The Morgan fingerprint density at radius 2 is 1.83 bits per heavy atom. The van der Waals surface area contributed by atoms with Gasteiger partial charge in [-0.1, -0.05) is 29.8 Å². The first-order valence-corrected chi connectivity index (χ1v) is 7.48. The molecule has 0 unspecified atom stereocenters. The van der Waals surface area contributed by atoms with Gasteiger partial charge >= 0.3 is 6.03 Å². The number of halogens is 1. The monoisotopic (exact) mass is 343 g/mol. The molecule has 0 fully saturated rings. The van der Waals surface area contributed by atoms with Crippen LogP contribution in [0, 0.1) is 0 Å². The van der Waals surface area contributed by atoms with Gasteiger partial charge in [-0.05, 0) is 24.3 Å². The van der Waals surface area contributed by atoms with E-state index in [1.807, 2.05) is 6.07 Å². The number of hydrogen-bond acceptors (Lipinski definition) is 3. The molecule has 2 aromatic carbocycles. The van der Waals surface area contributed by atoms with E-state index in [-0.39, 0.29) is 5.56 Å². The summed E-state index contributed by atoms with van der Waals surface area (Å²) in [5.74, 6) is 0.477. The Balaban J connectivity index is 1.88. The summed E-state index contributed by atoms with van der Waals surface area (Å²) in [4.78, 5) is 26.7. The van der Waals surface area contributed by atoms with Crippen LogP contribution in [0.25, 0.3) is 10.9 Å². The van der Waals surface area contributed by atoms with Gasteiger partial charge in [-0.25, -0.2) is 4.79 Å². The lowest BCUT2D eigenvalue weighted by atomic mass is 10.2. The average molecular weight is 344 g/mol. The summed E-state index contributed by atoms with van der Waals surface area (Å²) in [6, 6.07) is 12.9. The van der Waals surface area contributed by atoms with Crippen molar-refractivity contribution in [1.82, 2.24) is 4.98 Å². The van der Waals surface area contributed by atoms with Gasteiger partial charge in [0.2, 0.25) is 5.56 Å². The molecule has 0 aliphatic heterocycles. The SMILES string of the molecule is COc1ccc(Cl)cc1NC(=O)Nc1cc(=O)[nH]c2ccccc12. The third-order valence-electron chi connectivity index (χ3n) is 3.41. The maximum absolute atomic E-state index is 12.3. The highest BCUT2D eigenvalue weighted by molar-refractivity contribution is 6.31. The van der Waals surface area contributed by atoms with Crippen LogP contribution in [0.15, 0.2) is 53.3 Å². The van der Waals surface area contributed by atoms with E-state index in [9.17, 15) is 9.59 Å². The zero-order valence-corrected chi connectivity index (χ0v) is 13.5. The number of carbonyl (C=O) groups is 1. The zero-order chi connectivity index (χ0) is 17.1. The van der Waals surface area contributed by atoms with Crippen LogP contribution in [0.3, 0.4) is 0 Å². The second kappa shape index (κ2) is 6.64. The largest absolute Gasteiger partial charge is 0.495 e. The number of ether oxygens (including phenoxy) is 1. The molecule has 0 spiro atoms. The predicted octanol–water partition coefficient (Wildman–Crippen LogP) is 3.83. The summed E-state index contributed by atoms with van der Waals surface area (Å²) >= 11 is 5.94. The number of benzene rings is 2. The number of nitrogens with one attached hydrogen (secondary N) is 3. The van der Waals surface area contributed by atoms with Crippen LogP contribution in [0.5, 0.6) is 5.75 Å². The number of aromatic nitrogens is 1. The van der Waals surface area contributed by atoms with Gasteiger partial charge in [0.05, 0.1) is 24.0 Å². The van der Waals surface area contributed by atoms with E-state index in [0.29, 0.717) is 27.7 Å². The summed E-state index contributed by atoms with van der Waals surface area (Å²) < 4.78 is 5.18. The third-order valence-corrected chi connectivity index (χ3v) is 3.64. The summed E-state index contributed by atoms with van der Waals surface area (Å²) in [6.45, 7) is 0. The minimum Gasteiger partial charge on any atom is -0.495 e. The third kappa shape index (κ3) is 3.33. The molecule has 0 aliphatic rings. The fraction of sp³-hybridized carbons (Fsp3) is 0.0588. The zero-order valence-electron chi connectivity index (χ0n) is 12.7. The van der Waals surface area contributed by atoms with Crippen molar-refractivity contribution in [2.45, 2.75) is 0 Å². The molecular weight excluding hydrogens is 330 g/mol. The number of H-pyrrole nitrogens is 1. The average Bonchev–Trinajstić information content (AvgIpc) is 2.55. The summed E-state index contributed by atoms with van der Waals surface area (Å²) in [5, 5.41) is 6.53. The number of carbonyl (C=O) groups excluding carboxylic acids is 1. The van der Waals surface area contributed by atoms with E-state index in [2.05, 4.69) is 15.6 Å². The van der Waals surface area contributed by atoms with Crippen LogP contribution in [-0.4, -0.2) is 18.1 Å². The van der Waals surface area contributed by atoms with E-state index in [0.717, 1.165) is 5.39 Å².